The summed E-state index contributed by atoms with van der Waals surface area (Å²) in [5.41, 5.74) is 0.984. The van der Waals surface area contributed by atoms with Gasteiger partial charge in [-0.3, -0.25) is 0 Å². The predicted molar refractivity (Wildman–Crippen MR) is 83.2 cm³/mol. The largest absolute Gasteiger partial charge is 0.349 e. The summed E-state index contributed by atoms with van der Waals surface area (Å²) in [5.74, 6) is 0. The third-order valence-corrected chi connectivity index (χ3v) is 6.11. The van der Waals surface area contributed by atoms with Crippen LogP contribution in [0.4, 0.5) is 0 Å². The number of rotatable bonds is 2. The van der Waals surface area contributed by atoms with E-state index in [0.29, 0.717) is 23.1 Å². The highest BCUT2D eigenvalue weighted by Gasteiger charge is 2.34. The summed E-state index contributed by atoms with van der Waals surface area (Å²) in [7, 11) is -3.63. The first-order valence-electron chi connectivity index (χ1n) is 6.52. The summed E-state index contributed by atoms with van der Waals surface area (Å²) in [6.45, 7) is 2.95. The van der Waals surface area contributed by atoms with Crippen LogP contribution in [0.1, 0.15) is 18.7 Å². The van der Waals surface area contributed by atoms with Crippen molar-refractivity contribution in [1.82, 2.24) is 8.87 Å². The van der Waals surface area contributed by atoms with Gasteiger partial charge in [-0.1, -0.05) is 23.2 Å². The van der Waals surface area contributed by atoms with Gasteiger partial charge < -0.3 is 4.57 Å². The van der Waals surface area contributed by atoms with Crippen LogP contribution in [0.25, 0.3) is 0 Å². The Balaban J connectivity index is 2.03. The van der Waals surface area contributed by atoms with Crippen LogP contribution in [-0.4, -0.2) is 23.8 Å². The van der Waals surface area contributed by atoms with Gasteiger partial charge in [-0.15, -0.1) is 0 Å². The first-order valence-corrected chi connectivity index (χ1v) is 8.72. The Kier molecular flexibility index (Phi) is 3.78. The maximum atomic E-state index is 12.8. The zero-order valence-corrected chi connectivity index (χ0v) is 13.7. The topological polar surface area (TPSA) is 42.3 Å². The molecular weight excluding hydrogens is 331 g/mol. The Bertz CT molecular complexity index is 766. The van der Waals surface area contributed by atoms with Gasteiger partial charge >= 0.3 is 0 Å². The van der Waals surface area contributed by atoms with Crippen LogP contribution >= 0.6 is 23.2 Å². The minimum absolute atomic E-state index is 0.131. The summed E-state index contributed by atoms with van der Waals surface area (Å²) >= 11 is 11.8. The van der Waals surface area contributed by atoms with Crippen LogP contribution < -0.4 is 0 Å². The number of fused-ring (bicyclic) bond motifs is 1. The van der Waals surface area contributed by atoms with Crippen LogP contribution in [0.2, 0.25) is 10.0 Å². The molecule has 2 aromatic rings. The fourth-order valence-corrected chi connectivity index (χ4v) is 5.02. The Hall–Kier alpha value is -1.01. The van der Waals surface area contributed by atoms with E-state index in [1.54, 1.807) is 0 Å². The molecule has 0 radical (unpaired) electrons. The fourth-order valence-electron chi connectivity index (χ4n) is 2.70. The Morgan fingerprint density at radius 1 is 1.14 bits per heavy atom. The van der Waals surface area contributed by atoms with E-state index in [1.165, 1.54) is 22.5 Å². The van der Waals surface area contributed by atoms with Crippen molar-refractivity contribution in [3.63, 3.8) is 0 Å². The summed E-state index contributed by atoms with van der Waals surface area (Å²) in [6.07, 6.45) is 1.96. The van der Waals surface area contributed by atoms with Crippen molar-refractivity contribution in [2.45, 2.75) is 24.4 Å². The Labute approximate surface area is 133 Å². The van der Waals surface area contributed by atoms with E-state index >= 15 is 0 Å². The molecule has 1 aromatic carbocycles. The molecule has 0 aliphatic carbocycles. The lowest BCUT2D eigenvalue weighted by Gasteiger charge is -2.33. The molecule has 0 spiro atoms. The molecule has 1 atom stereocenters. The van der Waals surface area contributed by atoms with Gasteiger partial charge in [0.1, 0.15) is 0 Å². The van der Waals surface area contributed by atoms with Crippen molar-refractivity contribution in [2.75, 3.05) is 6.54 Å². The minimum Gasteiger partial charge on any atom is -0.349 e. The second-order valence-corrected chi connectivity index (χ2v) is 7.79. The first kappa shape index (κ1) is 14.9. The summed E-state index contributed by atoms with van der Waals surface area (Å²) in [6, 6.07) is 8.03. The molecule has 0 saturated carbocycles. The maximum Gasteiger partial charge on any atom is 0.243 e. The predicted octanol–water partition coefficient (Wildman–Crippen LogP) is 3.56. The molecule has 0 fully saturated rings. The molecule has 21 heavy (non-hydrogen) atoms. The first-order chi connectivity index (χ1) is 9.89. The number of halogens is 2. The van der Waals surface area contributed by atoms with Gasteiger partial charge in [-0.2, -0.15) is 4.31 Å². The molecule has 0 amide bonds. The van der Waals surface area contributed by atoms with E-state index in [0.717, 1.165) is 5.69 Å². The average molecular weight is 345 g/mol. The van der Waals surface area contributed by atoms with Crippen LogP contribution in [-0.2, 0) is 16.6 Å². The third-order valence-electron chi connectivity index (χ3n) is 3.73. The maximum absolute atomic E-state index is 12.8. The van der Waals surface area contributed by atoms with Crippen molar-refractivity contribution >= 4 is 33.2 Å². The molecule has 112 valence electrons. The molecular formula is C14H14Cl2N2O2S. The van der Waals surface area contributed by atoms with E-state index in [1.807, 2.05) is 25.3 Å². The lowest BCUT2D eigenvalue weighted by atomic mass is 10.2. The van der Waals surface area contributed by atoms with E-state index in [9.17, 15) is 8.42 Å². The third kappa shape index (κ3) is 2.59. The molecule has 1 aromatic heterocycles. The van der Waals surface area contributed by atoms with Gasteiger partial charge in [0, 0.05) is 35.0 Å². The zero-order chi connectivity index (χ0) is 15.2. The van der Waals surface area contributed by atoms with Gasteiger partial charge in [-0.05, 0) is 37.3 Å². The second kappa shape index (κ2) is 5.32. The number of benzene rings is 1. The highest BCUT2D eigenvalue weighted by molar-refractivity contribution is 7.89. The highest BCUT2D eigenvalue weighted by Crippen LogP contribution is 2.32. The van der Waals surface area contributed by atoms with Gasteiger partial charge in [0.05, 0.1) is 10.9 Å². The van der Waals surface area contributed by atoms with Gasteiger partial charge in [0.15, 0.2) is 0 Å². The van der Waals surface area contributed by atoms with Gasteiger partial charge in [0.25, 0.3) is 0 Å². The standard InChI is InChI=1S/C14H14Cl2N2O2S/c1-10-14-3-2-4-17(14)5-6-18(10)21(19,20)13-8-11(15)7-12(16)9-13/h2-4,7-10H,5-6H2,1H3/t10-/m1/s1. The highest BCUT2D eigenvalue weighted by atomic mass is 35.5. The van der Waals surface area contributed by atoms with E-state index in [4.69, 9.17) is 23.2 Å². The molecule has 0 bridgehead atoms. The van der Waals surface area contributed by atoms with Crippen molar-refractivity contribution < 1.29 is 8.42 Å². The molecule has 4 nitrogen and oxygen atoms in total. The number of hydrogen-bond acceptors (Lipinski definition) is 2. The smallest absolute Gasteiger partial charge is 0.243 e. The van der Waals surface area contributed by atoms with E-state index in [2.05, 4.69) is 4.57 Å². The fraction of sp³-hybridized carbons (Fsp3) is 0.286. The van der Waals surface area contributed by atoms with Gasteiger partial charge in [0.2, 0.25) is 10.0 Å². The molecule has 0 unspecified atom stereocenters. The van der Waals surface area contributed by atoms with Crippen LogP contribution in [0.3, 0.4) is 0 Å². The Morgan fingerprint density at radius 3 is 2.48 bits per heavy atom. The molecule has 3 rings (SSSR count). The van der Waals surface area contributed by atoms with E-state index in [-0.39, 0.29) is 10.9 Å². The molecule has 7 heteroatoms. The summed E-state index contributed by atoms with van der Waals surface area (Å²) in [5, 5.41) is 0.628. The number of sulfonamides is 1. The van der Waals surface area contributed by atoms with Gasteiger partial charge in [-0.25, -0.2) is 8.42 Å². The molecule has 0 N–H and O–H groups in total. The summed E-state index contributed by atoms with van der Waals surface area (Å²) in [4.78, 5) is 0.131. The van der Waals surface area contributed by atoms with Crippen LogP contribution in [0.15, 0.2) is 41.4 Å². The van der Waals surface area contributed by atoms with Crippen LogP contribution in [0, 0.1) is 0 Å². The van der Waals surface area contributed by atoms with Crippen molar-refractivity contribution in [1.29, 1.82) is 0 Å². The van der Waals surface area contributed by atoms with Crippen molar-refractivity contribution in [2.24, 2.45) is 0 Å². The van der Waals surface area contributed by atoms with Crippen LogP contribution in [0.5, 0.6) is 0 Å². The number of hydrogen-bond donors (Lipinski definition) is 0. The van der Waals surface area contributed by atoms with Crippen molar-refractivity contribution in [3.05, 3.63) is 52.3 Å². The molecule has 0 saturated heterocycles. The SMILES string of the molecule is C[C@@H]1c2cccn2CCN1S(=O)(=O)c1cc(Cl)cc(Cl)c1. The number of aromatic nitrogens is 1. The zero-order valence-electron chi connectivity index (χ0n) is 11.3. The quantitative estimate of drug-likeness (QED) is 0.835. The molecule has 1 aliphatic rings. The van der Waals surface area contributed by atoms with Crippen molar-refractivity contribution in [3.8, 4) is 0 Å². The lowest BCUT2D eigenvalue weighted by Crippen LogP contribution is -2.40. The lowest BCUT2D eigenvalue weighted by molar-refractivity contribution is 0.282. The molecule has 1 aliphatic heterocycles. The minimum atomic E-state index is -3.63. The number of nitrogens with zero attached hydrogens (tertiary/aromatic N) is 2. The average Bonchev–Trinajstić information content (AvgIpc) is 2.87. The van der Waals surface area contributed by atoms with E-state index < -0.39 is 10.0 Å². The normalized spacial score (nSPS) is 19.5. The summed E-state index contributed by atoms with van der Waals surface area (Å²) < 4.78 is 29.2. The monoisotopic (exact) mass is 344 g/mol. The Morgan fingerprint density at radius 2 is 1.81 bits per heavy atom. The second-order valence-electron chi connectivity index (χ2n) is 5.02. The molecule has 2 heterocycles.